The Morgan fingerprint density at radius 2 is 2.08 bits per heavy atom. The molecule has 1 aromatic heterocycles. The minimum atomic E-state index is 0. The van der Waals surface area contributed by atoms with Crippen molar-refractivity contribution in [2.75, 3.05) is 19.7 Å². The zero-order valence-electron chi connectivity index (χ0n) is 15.6. The number of carbonyl (C=O) groups is 1. The van der Waals surface area contributed by atoms with E-state index >= 15 is 0 Å². The van der Waals surface area contributed by atoms with Crippen LogP contribution in [-0.2, 0) is 0 Å². The molecule has 3 saturated heterocycles. The van der Waals surface area contributed by atoms with Crippen molar-refractivity contribution in [2.45, 2.75) is 45.2 Å². The Morgan fingerprint density at radius 3 is 2.73 bits per heavy atom. The molecule has 4 heterocycles. The molecule has 0 spiro atoms. The first-order valence-electron chi connectivity index (χ1n) is 9.22. The number of halogens is 1. The summed E-state index contributed by atoms with van der Waals surface area (Å²) >= 11 is 1.53. The quantitative estimate of drug-likeness (QED) is 0.839. The third kappa shape index (κ3) is 3.21. The average Bonchev–Trinajstić information content (AvgIpc) is 3.04. The maximum Gasteiger partial charge on any atom is 0.261 e. The minimum absolute atomic E-state index is 0. The number of ether oxygens (including phenoxy) is 1. The standard InChI is InChI=1S/C20H26N2O2S.ClH/c1-4-24-15-7-5-6-14-12-16(25-17(14)15)19(23)21-18-13-8-10-22(11-9-13)20(18,2)3;/h5-7,12-13,18H,4,8-11H2,1-3H3,(H,21,23);1H. The van der Waals surface area contributed by atoms with Crippen LogP contribution < -0.4 is 10.1 Å². The summed E-state index contributed by atoms with van der Waals surface area (Å²) < 4.78 is 6.77. The van der Waals surface area contributed by atoms with E-state index in [0.717, 1.165) is 33.8 Å². The molecule has 26 heavy (non-hydrogen) atoms. The number of benzene rings is 1. The summed E-state index contributed by atoms with van der Waals surface area (Å²) in [5.41, 5.74) is 0.0317. The van der Waals surface area contributed by atoms with Gasteiger partial charge in [0, 0.05) is 11.6 Å². The van der Waals surface area contributed by atoms with Crippen molar-refractivity contribution in [2.24, 2.45) is 5.92 Å². The molecule has 1 amide bonds. The summed E-state index contributed by atoms with van der Waals surface area (Å²) in [6.45, 7) is 9.46. The molecule has 0 aliphatic carbocycles. The highest BCUT2D eigenvalue weighted by atomic mass is 35.5. The molecule has 4 nitrogen and oxygen atoms in total. The number of hydrogen-bond acceptors (Lipinski definition) is 4. The SMILES string of the molecule is CCOc1cccc2cc(C(=O)NC3C4CCN(CC4)C3(C)C)sc12.Cl. The second-order valence-electron chi connectivity index (χ2n) is 7.65. The normalized spacial score (nSPS) is 26.3. The van der Waals surface area contributed by atoms with Gasteiger partial charge in [-0.1, -0.05) is 12.1 Å². The molecule has 3 fully saturated rings. The number of hydrogen-bond donors (Lipinski definition) is 1. The monoisotopic (exact) mass is 394 g/mol. The van der Waals surface area contributed by atoms with Gasteiger partial charge in [0.25, 0.3) is 5.91 Å². The fraction of sp³-hybridized carbons (Fsp3) is 0.550. The first-order valence-corrected chi connectivity index (χ1v) is 10.0. The second-order valence-corrected chi connectivity index (χ2v) is 8.70. The lowest BCUT2D eigenvalue weighted by Crippen LogP contribution is -2.69. The zero-order chi connectivity index (χ0) is 17.6. The zero-order valence-corrected chi connectivity index (χ0v) is 17.2. The number of carbonyl (C=O) groups excluding carboxylic acids is 1. The van der Waals surface area contributed by atoms with Gasteiger partial charge in [0.05, 0.1) is 16.2 Å². The Labute approximate surface area is 165 Å². The van der Waals surface area contributed by atoms with Gasteiger partial charge < -0.3 is 10.1 Å². The molecule has 0 radical (unpaired) electrons. The fourth-order valence-corrected chi connectivity index (χ4v) is 5.54. The van der Waals surface area contributed by atoms with E-state index in [1.54, 1.807) is 0 Å². The Bertz CT molecular complexity index is 796. The Morgan fingerprint density at radius 1 is 1.35 bits per heavy atom. The Hall–Kier alpha value is -1.30. The predicted molar refractivity (Wildman–Crippen MR) is 110 cm³/mol. The summed E-state index contributed by atoms with van der Waals surface area (Å²) in [4.78, 5) is 16.3. The molecular weight excluding hydrogens is 368 g/mol. The number of thiophene rings is 1. The first-order chi connectivity index (χ1) is 12.0. The van der Waals surface area contributed by atoms with E-state index in [-0.39, 0.29) is 29.9 Å². The van der Waals surface area contributed by atoms with Crippen molar-refractivity contribution >= 4 is 39.7 Å². The van der Waals surface area contributed by atoms with Gasteiger partial charge in [-0.25, -0.2) is 0 Å². The molecule has 2 aromatic rings. The van der Waals surface area contributed by atoms with Crippen LogP contribution in [0.1, 0.15) is 43.3 Å². The lowest BCUT2D eigenvalue weighted by atomic mass is 9.72. The van der Waals surface area contributed by atoms with Crippen molar-refractivity contribution in [1.29, 1.82) is 0 Å². The van der Waals surface area contributed by atoms with E-state index in [1.165, 1.54) is 24.2 Å². The van der Waals surface area contributed by atoms with Gasteiger partial charge in [-0.3, -0.25) is 9.69 Å². The third-order valence-corrected chi connectivity index (χ3v) is 7.07. The summed E-state index contributed by atoms with van der Waals surface area (Å²) in [6.07, 6.45) is 2.38. The van der Waals surface area contributed by atoms with E-state index < -0.39 is 0 Å². The first kappa shape index (κ1) is 19.5. The lowest BCUT2D eigenvalue weighted by Gasteiger charge is -2.56. The number of fused-ring (bicyclic) bond motifs is 4. The van der Waals surface area contributed by atoms with Gasteiger partial charge >= 0.3 is 0 Å². The number of rotatable bonds is 4. The highest BCUT2D eigenvalue weighted by Crippen LogP contribution is 2.39. The second kappa shape index (κ2) is 7.37. The molecule has 1 unspecified atom stereocenters. The van der Waals surface area contributed by atoms with Crippen LogP contribution in [0.5, 0.6) is 5.75 Å². The highest BCUT2D eigenvalue weighted by Gasteiger charge is 2.48. The molecule has 142 valence electrons. The Balaban J connectivity index is 0.00000196. The van der Waals surface area contributed by atoms with E-state index in [1.807, 2.05) is 31.2 Å². The molecular formula is C20H27ClN2O2S. The van der Waals surface area contributed by atoms with Crippen LogP contribution in [0, 0.1) is 5.92 Å². The fourth-order valence-electron chi connectivity index (χ4n) is 4.51. The van der Waals surface area contributed by atoms with E-state index in [4.69, 9.17) is 4.74 Å². The summed E-state index contributed by atoms with van der Waals surface area (Å²) in [7, 11) is 0. The van der Waals surface area contributed by atoms with E-state index in [0.29, 0.717) is 12.5 Å². The van der Waals surface area contributed by atoms with Crippen LogP contribution in [0.25, 0.3) is 10.1 Å². The molecule has 1 N–H and O–H groups in total. The highest BCUT2D eigenvalue weighted by molar-refractivity contribution is 7.21. The van der Waals surface area contributed by atoms with Crippen molar-refractivity contribution < 1.29 is 9.53 Å². The lowest BCUT2D eigenvalue weighted by molar-refractivity contribution is -0.0377. The van der Waals surface area contributed by atoms with Gasteiger partial charge in [0.15, 0.2) is 0 Å². The van der Waals surface area contributed by atoms with Crippen molar-refractivity contribution in [3.05, 3.63) is 29.1 Å². The van der Waals surface area contributed by atoms with Gasteiger partial charge in [0.2, 0.25) is 0 Å². The largest absolute Gasteiger partial charge is 0.492 e. The third-order valence-electron chi connectivity index (χ3n) is 5.91. The predicted octanol–water partition coefficient (Wildman–Crippen LogP) is 4.32. The molecule has 0 saturated carbocycles. The van der Waals surface area contributed by atoms with Crippen molar-refractivity contribution in [1.82, 2.24) is 10.2 Å². The van der Waals surface area contributed by atoms with Crippen LogP contribution in [-0.4, -0.2) is 42.1 Å². The smallest absolute Gasteiger partial charge is 0.261 e. The van der Waals surface area contributed by atoms with Crippen molar-refractivity contribution in [3.8, 4) is 5.75 Å². The maximum absolute atomic E-state index is 13.0. The van der Waals surface area contributed by atoms with E-state index in [9.17, 15) is 4.79 Å². The molecule has 3 aliphatic heterocycles. The molecule has 1 atom stereocenters. The minimum Gasteiger partial charge on any atom is -0.492 e. The number of amides is 1. The molecule has 5 rings (SSSR count). The van der Waals surface area contributed by atoms with Gasteiger partial charge in [-0.2, -0.15) is 0 Å². The number of nitrogens with zero attached hydrogens (tertiary/aromatic N) is 1. The molecule has 6 heteroatoms. The number of piperidine rings is 3. The van der Waals surface area contributed by atoms with Crippen LogP contribution in [0.15, 0.2) is 24.3 Å². The summed E-state index contributed by atoms with van der Waals surface area (Å²) in [5, 5.41) is 4.44. The summed E-state index contributed by atoms with van der Waals surface area (Å²) in [6, 6.07) is 8.22. The summed E-state index contributed by atoms with van der Waals surface area (Å²) in [5.74, 6) is 1.51. The average molecular weight is 395 g/mol. The van der Waals surface area contributed by atoms with Gasteiger partial charge in [0.1, 0.15) is 5.75 Å². The molecule has 2 bridgehead atoms. The molecule has 3 aliphatic rings. The van der Waals surface area contributed by atoms with E-state index in [2.05, 4.69) is 24.1 Å². The van der Waals surface area contributed by atoms with Crippen LogP contribution >= 0.6 is 23.7 Å². The van der Waals surface area contributed by atoms with Gasteiger partial charge in [-0.05, 0) is 70.1 Å². The van der Waals surface area contributed by atoms with Crippen LogP contribution in [0.3, 0.4) is 0 Å². The number of nitrogens with one attached hydrogen (secondary N) is 1. The molecule has 1 aromatic carbocycles. The maximum atomic E-state index is 13.0. The Kier molecular flexibility index (Phi) is 5.52. The van der Waals surface area contributed by atoms with Crippen LogP contribution in [0.2, 0.25) is 0 Å². The van der Waals surface area contributed by atoms with Crippen molar-refractivity contribution in [3.63, 3.8) is 0 Å². The van der Waals surface area contributed by atoms with Crippen LogP contribution in [0.4, 0.5) is 0 Å². The van der Waals surface area contributed by atoms with Gasteiger partial charge in [-0.15, -0.1) is 23.7 Å². The topological polar surface area (TPSA) is 41.6 Å².